The van der Waals surface area contributed by atoms with Gasteiger partial charge in [0.25, 0.3) is 0 Å². The molecule has 2 aromatic carbocycles. The molecule has 0 saturated carbocycles. The number of aromatic amines is 1. The van der Waals surface area contributed by atoms with Crippen molar-refractivity contribution in [3.63, 3.8) is 0 Å². The lowest BCUT2D eigenvalue weighted by Crippen LogP contribution is -2.19. The highest BCUT2D eigenvalue weighted by Crippen LogP contribution is 2.19. The van der Waals surface area contributed by atoms with Crippen molar-refractivity contribution in [2.45, 2.75) is 26.2 Å². The maximum atomic E-state index is 9.55. The SMILES string of the molecule is Cc1ccc(NC(=S)C(C#N)c2n[nH]c(Cc3ccccc3)n2)cc1C. The average molecular weight is 361 g/mol. The Morgan fingerprint density at radius 1 is 1.19 bits per heavy atom. The summed E-state index contributed by atoms with van der Waals surface area (Å²) >= 11 is 5.43. The van der Waals surface area contributed by atoms with Crippen molar-refractivity contribution in [3.8, 4) is 6.07 Å². The van der Waals surface area contributed by atoms with Crippen molar-refractivity contribution in [3.05, 3.63) is 76.9 Å². The Labute approximate surface area is 158 Å². The molecule has 3 aromatic rings. The lowest BCUT2D eigenvalue weighted by Gasteiger charge is -2.12. The largest absolute Gasteiger partial charge is 0.349 e. The van der Waals surface area contributed by atoms with Gasteiger partial charge < -0.3 is 5.32 Å². The van der Waals surface area contributed by atoms with Gasteiger partial charge in [-0.15, -0.1) is 0 Å². The minimum absolute atomic E-state index is 0.389. The molecule has 2 N–H and O–H groups in total. The Kier molecular flexibility index (Phi) is 5.40. The van der Waals surface area contributed by atoms with E-state index < -0.39 is 5.92 Å². The average Bonchev–Trinajstić information content (AvgIpc) is 3.08. The third-order valence-electron chi connectivity index (χ3n) is 4.19. The van der Waals surface area contributed by atoms with Crippen LogP contribution in [0.4, 0.5) is 5.69 Å². The molecule has 1 aromatic heterocycles. The van der Waals surface area contributed by atoms with E-state index in [-0.39, 0.29) is 0 Å². The number of anilines is 1. The monoisotopic (exact) mass is 361 g/mol. The molecular weight excluding hydrogens is 342 g/mol. The number of nitriles is 1. The van der Waals surface area contributed by atoms with Crippen molar-refractivity contribution >= 4 is 22.9 Å². The van der Waals surface area contributed by atoms with Crippen LogP contribution in [-0.2, 0) is 6.42 Å². The number of nitrogens with zero attached hydrogens (tertiary/aromatic N) is 3. The molecular formula is C20H19N5S. The smallest absolute Gasteiger partial charge is 0.174 e. The van der Waals surface area contributed by atoms with E-state index >= 15 is 0 Å². The number of rotatable bonds is 5. The van der Waals surface area contributed by atoms with Crippen molar-refractivity contribution in [1.82, 2.24) is 15.2 Å². The van der Waals surface area contributed by atoms with E-state index in [9.17, 15) is 5.26 Å². The van der Waals surface area contributed by atoms with Crippen LogP contribution in [0.15, 0.2) is 48.5 Å². The number of nitrogens with one attached hydrogen (secondary N) is 2. The summed E-state index contributed by atoms with van der Waals surface area (Å²) in [7, 11) is 0. The number of aryl methyl sites for hydroxylation is 2. The van der Waals surface area contributed by atoms with Gasteiger partial charge in [0, 0.05) is 12.1 Å². The zero-order chi connectivity index (χ0) is 18.5. The van der Waals surface area contributed by atoms with Crippen LogP contribution in [0, 0.1) is 25.2 Å². The molecule has 3 rings (SSSR count). The van der Waals surface area contributed by atoms with E-state index in [0.717, 1.165) is 16.8 Å². The molecule has 0 aliphatic rings. The molecule has 0 fully saturated rings. The highest BCUT2D eigenvalue weighted by atomic mass is 32.1. The number of hydrogen-bond acceptors (Lipinski definition) is 4. The predicted octanol–water partition coefficient (Wildman–Crippen LogP) is 4.06. The molecule has 130 valence electrons. The maximum Gasteiger partial charge on any atom is 0.174 e. The maximum absolute atomic E-state index is 9.55. The van der Waals surface area contributed by atoms with Crippen LogP contribution >= 0.6 is 12.2 Å². The van der Waals surface area contributed by atoms with E-state index in [4.69, 9.17) is 12.2 Å². The van der Waals surface area contributed by atoms with Gasteiger partial charge in [-0.2, -0.15) is 10.4 Å². The molecule has 0 saturated heterocycles. The summed E-state index contributed by atoms with van der Waals surface area (Å²) in [6.07, 6.45) is 0.628. The standard InChI is InChI=1S/C20H19N5S/c1-13-8-9-16(10-14(13)2)22-20(26)17(12-21)19-23-18(24-25-19)11-15-6-4-3-5-7-15/h3-10,17H,11H2,1-2H3,(H,22,26)(H,23,24,25). The molecule has 5 nitrogen and oxygen atoms in total. The first kappa shape index (κ1) is 17.8. The van der Waals surface area contributed by atoms with Crippen molar-refractivity contribution in [2.75, 3.05) is 5.32 Å². The predicted molar refractivity (Wildman–Crippen MR) is 106 cm³/mol. The molecule has 6 heteroatoms. The van der Waals surface area contributed by atoms with Gasteiger partial charge >= 0.3 is 0 Å². The van der Waals surface area contributed by atoms with Crippen LogP contribution in [-0.4, -0.2) is 20.2 Å². The summed E-state index contributed by atoms with van der Waals surface area (Å²) in [5.41, 5.74) is 4.35. The lowest BCUT2D eigenvalue weighted by atomic mass is 10.1. The third-order valence-corrected chi connectivity index (χ3v) is 4.53. The number of aromatic nitrogens is 3. The normalized spacial score (nSPS) is 11.6. The molecule has 0 aliphatic heterocycles. The van der Waals surface area contributed by atoms with Gasteiger partial charge in [0.05, 0.1) is 6.07 Å². The van der Waals surface area contributed by atoms with E-state index in [2.05, 4.69) is 33.5 Å². The molecule has 0 spiro atoms. The van der Waals surface area contributed by atoms with Crippen molar-refractivity contribution < 1.29 is 0 Å². The Morgan fingerprint density at radius 3 is 2.65 bits per heavy atom. The molecule has 0 aliphatic carbocycles. The Morgan fingerprint density at radius 2 is 1.96 bits per heavy atom. The summed E-state index contributed by atoms with van der Waals surface area (Å²) in [4.78, 5) is 4.84. The van der Waals surface area contributed by atoms with Crippen LogP contribution in [0.2, 0.25) is 0 Å². The Bertz CT molecular complexity index is 956. The fraction of sp³-hybridized carbons (Fsp3) is 0.200. The van der Waals surface area contributed by atoms with Crippen LogP contribution in [0.25, 0.3) is 0 Å². The quantitative estimate of drug-likeness (QED) is 0.670. The zero-order valence-electron chi connectivity index (χ0n) is 14.7. The minimum atomic E-state index is -0.701. The molecule has 0 amide bonds. The lowest BCUT2D eigenvalue weighted by molar-refractivity contribution is 0.949. The van der Waals surface area contributed by atoms with Gasteiger partial charge in [-0.05, 0) is 42.7 Å². The highest BCUT2D eigenvalue weighted by Gasteiger charge is 2.21. The Hall–Kier alpha value is -3.04. The molecule has 0 radical (unpaired) electrons. The van der Waals surface area contributed by atoms with Gasteiger partial charge in [-0.1, -0.05) is 48.6 Å². The van der Waals surface area contributed by atoms with Gasteiger partial charge in [0.15, 0.2) is 11.7 Å². The van der Waals surface area contributed by atoms with Crippen LogP contribution < -0.4 is 5.32 Å². The van der Waals surface area contributed by atoms with E-state index in [0.29, 0.717) is 23.1 Å². The second kappa shape index (κ2) is 7.89. The molecule has 0 bridgehead atoms. The molecule has 1 heterocycles. The number of H-pyrrole nitrogens is 1. The topological polar surface area (TPSA) is 77.4 Å². The second-order valence-electron chi connectivity index (χ2n) is 6.15. The summed E-state index contributed by atoms with van der Waals surface area (Å²) in [5.74, 6) is 0.396. The van der Waals surface area contributed by atoms with Crippen molar-refractivity contribution in [1.29, 1.82) is 5.26 Å². The van der Waals surface area contributed by atoms with Crippen LogP contribution in [0.3, 0.4) is 0 Å². The summed E-state index contributed by atoms with van der Waals surface area (Å²) in [5, 5.41) is 19.8. The Balaban J connectivity index is 1.73. The van der Waals surface area contributed by atoms with Gasteiger partial charge in [0.2, 0.25) is 0 Å². The molecule has 26 heavy (non-hydrogen) atoms. The van der Waals surface area contributed by atoms with E-state index in [1.165, 1.54) is 5.56 Å². The molecule has 1 unspecified atom stereocenters. The van der Waals surface area contributed by atoms with Crippen LogP contribution in [0.1, 0.15) is 34.3 Å². The zero-order valence-corrected chi connectivity index (χ0v) is 15.5. The summed E-state index contributed by atoms with van der Waals surface area (Å²) in [6.45, 7) is 4.09. The van der Waals surface area contributed by atoms with Crippen molar-refractivity contribution in [2.24, 2.45) is 0 Å². The number of hydrogen-bond donors (Lipinski definition) is 2. The first-order valence-electron chi connectivity index (χ1n) is 8.29. The molecule has 1 atom stereocenters. The fourth-order valence-electron chi connectivity index (χ4n) is 2.57. The first-order valence-corrected chi connectivity index (χ1v) is 8.70. The fourth-order valence-corrected chi connectivity index (χ4v) is 2.85. The summed E-state index contributed by atoms with van der Waals surface area (Å²) < 4.78 is 0. The van der Waals surface area contributed by atoms with Gasteiger partial charge in [-0.3, -0.25) is 5.10 Å². The second-order valence-corrected chi connectivity index (χ2v) is 6.59. The highest BCUT2D eigenvalue weighted by molar-refractivity contribution is 7.80. The van der Waals surface area contributed by atoms with Crippen LogP contribution in [0.5, 0.6) is 0 Å². The van der Waals surface area contributed by atoms with Gasteiger partial charge in [-0.25, -0.2) is 4.98 Å². The first-order chi connectivity index (χ1) is 12.6. The van der Waals surface area contributed by atoms with E-state index in [1.807, 2.05) is 55.5 Å². The van der Waals surface area contributed by atoms with Gasteiger partial charge in [0.1, 0.15) is 10.8 Å². The third kappa shape index (κ3) is 4.13. The minimum Gasteiger partial charge on any atom is -0.349 e. The van der Waals surface area contributed by atoms with E-state index in [1.54, 1.807) is 0 Å². The number of benzene rings is 2. The number of thiocarbonyl (C=S) groups is 1. The summed E-state index contributed by atoms with van der Waals surface area (Å²) in [6, 6.07) is 18.1.